The van der Waals surface area contributed by atoms with Crippen LogP contribution in [0.2, 0.25) is 0 Å². The Morgan fingerprint density at radius 1 is 1.26 bits per heavy atom. The summed E-state index contributed by atoms with van der Waals surface area (Å²) in [4.78, 5) is 24.7. The van der Waals surface area contributed by atoms with Crippen LogP contribution in [0.25, 0.3) is 0 Å². The highest BCUT2D eigenvalue weighted by molar-refractivity contribution is 7.99. The number of carbonyl (C=O) groups excluding carboxylic acids is 2. The fourth-order valence-corrected chi connectivity index (χ4v) is 2.94. The van der Waals surface area contributed by atoms with Crippen molar-refractivity contribution in [1.82, 2.24) is 4.90 Å². The van der Waals surface area contributed by atoms with Crippen molar-refractivity contribution in [3.8, 4) is 17.2 Å². The second-order valence-corrected chi connectivity index (χ2v) is 5.06. The van der Waals surface area contributed by atoms with Crippen LogP contribution in [0, 0.1) is 0 Å². The van der Waals surface area contributed by atoms with Crippen molar-refractivity contribution in [2.24, 2.45) is 5.73 Å². The van der Waals surface area contributed by atoms with Gasteiger partial charge in [0.2, 0.25) is 5.91 Å². The van der Waals surface area contributed by atoms with Gasteiger partial charge in [-0.15, -0.1) is 11.8 Å². The Bertz CT molecular complexity index is 525. The summed E-state index contributed by atoms with van der Waals surface area (Å²) < 4.78 is 0. The lowest BCUT2D eigenvalue weighted by atomic mass is 10.1. The smallest absolute Gasteiger partial charge is 0.255 e. The summed E-state index contributed by atoms with van der Waals surface area (Å²) in [7, 11) is 0. The predicted octanol–water partition coefficient (Wildman–Crippen LogP) is -0.196. The molecule has 1 aromatic carbocycles. The molecule has 1 fully saturated rings. The average molecular weight is 284 g/mol. The van der Waals surface area contributed by atoms with Crippen LogP contribution >= 0.6 is 11.8 Å². The van der Waals surface area contributed by atoms with Crippen LogP contribution in [0.1, 0.15) is 10.4 Å². The molecule has 1 unspecified atom stereocenters. The summed E-state index contributed by atoms with van der Waals surface area (Å²) in [5.74, 6) is -2.34. The molecule has 0 aromatic heterocycles. The number of hydrogen-bond donors (Lipinski definition) is 4. The van der Waals surface area contributed by atoms with E-state index in [1.165, 1.54) is 16.7 Å². The number of phenols is 3. The van der Waals surface area contributed by atoms with E-state index in [1.54, 1.807) is 0 Å². The Morgan fingerprint density at radius 3 is 2.37 bits per heavy atom. The Kier molecular flexibility index (Phi) is 3.43. The number of benzene rings is 1. The Balaban J connectivity index is 2.32. The highest BCUT2D eigenvalue weighted by Gasteiger charge is 2.34. The summed E-state index contributed by atoms with van der Waals surface area (Å²) in [6.45, 7) is 0. The molecule has 2 rings (SSSR count). The molecular weight excluding hydrogens is 272 g/mol. The molecule has 0 radical (unpaired) electrons. The van der Waals surface area contributed by atoms with Crippen LogP contribution in [0.3, 0.4) is 0 Å². The van der Waals surface area contributed by atoms with Crippen molar-refractivity contribution in [1.29, 1.82) is 0 Å². The van der Waals surface area contributed by atoms with Gasteiger partial charge in [-0.3, -0.25) is 9.59 Å². The molecule has 0 bridgehead atoms. The zero-order valence-corrected chi connectivity index (χ0v) is 10.6. The van der Waals surface area contributed by atoms with Gasteiger partial charge in [-0.25, -0.2) is 0 Å². The normalized spacial score (nSPS) is 18.5. The first kappa shape index (κ1) is 13.3. The van der Waals surface area contributed by atoms with Crippen LogP contribution in [0.5, 0.6) is 17.2 Å². The van der Waals surface area contributed by atoms with E-state index in [0.717, 1.165) is 12.1 Å². The van der Waals surface area contributed by atoms with Crippen molar-refractivity contribution in [3.63, 3.8) is 0 Å². The maximum Gasteiger partial charge on any atom is 0.255 e. The van der Waals surface area contributed by atoms with Gasteiger partial charge in [-0.2, -0.15) is 0 Å². The standard InChI is InChI=1S/C11H12N2O5S/c12-10(17)6-3-19-4-13(6)11(18)5-1-7(14)9(16)8(15)2-5/h1-2,6,14-16H,3-4H2,(H2,12,17). The number of primary amides is 1. The molecule has 102 valence electrons. The Labute approximate surface area is 112 Å². The van der Waals surface area contributed by atoms with Gasteiger partial charge in [0.15, 0.2) is 17.2 Å². The quantitative estimate of drug-likeness (QED) is 0.558. The van der Waals surface area contributed by atoms with Crippen molar-refractivity contribution < 1.29 is 24.9 Å². The second kappa shape index (κ2) is 4.88. The summed E-state index contributed by atoms with van der Waals surface area (Å²) in [6.07, 6.45) is 0. The highest BCUT2D eigenvalue weighted by Crippen LogP contribution is 2.36. The first-order valence-corrected chi connectivity index (χ1v) is 6.50. The third kappa shape index (κ3) is 2.39. The molecular formula is C11H12N2O5S. The van der Waals surface area contributed by atoms with Crippen LogP contribution in [0.4, 0.5) is 0 Å². The topological polar surface area (TPSA) is 124 Å². The van der Waals surface area contributed by atoms with Gasteiger partial charge >= 0.3 is 0 Å². The molecule has 0 aliphatic carbocycles. The lowest BCUT2D eigenvalue weighted by Gasteiger charge is -2.21. The molecule has 2 amide bonds. The molecule has 1 aliphatic rings. The largest absolute Gasteiger partial charge is 0.504 e. The predicted molar refractivity (Wildman–Crippen MR) is 67.9 cm³/mol. The third-order valence-corrected chi connectivity index (χ3v) is 3.80. The minimum absolute atomic E-state index is 0.0263. The van der Waals surface area contributed by atoms with Crippen LogP contribution < -0.4 is 5.73 Å². The highest BCUT2D eigenvalue weighted by atomic mass is 32.2. The number of rotatable bonds is 2. The van der Waals surface area contributed by atoms with Gasteiger partial charge in [0.25, 0.3) is 5.91 Å². The molecule has 1 atom stereocenters. The number of carbonyl (C=O) groups is 2. The van der Waals surface area contributed by atoms with E-state index in [-0.39, 0.29) is 5.56 Å². The average Bonchev–Trinajstić information content (AvgIpc) is 2.83. The first-order valence-electron chi connectivity index (χ1n) is 5.34. The second-order valence-electron chi connectivity index (χ2n) is 4.06. The summed E-state index contributed by atoms with van der Waals surface area (Å²) in [6, 6.07) is 1.34. The first-order chi connectivity index (χ1) is 8.91. The molecule has 0 spiro atoms. The van der Waals surface area contributed by atoms with Crippen LogP contribution in [0.15, 0.2) is 12.1 Å². The molecule has 1 heterocycles. The van der Waals surface area contributed by atoms with E-state index >= 15 is 0 Å². The monoisotopic (exact) mass is 284 g/mol. The number of nitrogens with two attached hydrogens (primary N) is 1. The van der Waals surface area contributed by atoms with Crippen molar-refractivity contribution in [3.05, 3.63) is 17.7 Å². The van der Waals surface area contributed by atoms with Crippen molar-refractivity contribution >= 4 is 23.6 Å². The molecule has 1 aromatic rings. The van der Waals surface area contributed by atoms with Gasteiger partial charge < -0.3 is 26.0 Å². The molecule has 19 heavy (non-hydrogen) atoms. The number of hydrogen-bond acceptors (Lipinski definition) is 6. The summed E-state index contributed by atoms with van der Waals surface area (Å²) in [5.41, 5.74) is 5.18. The number of aromatic hydroxyl groups is 3. The maximum absolute atomic E-state index is 12.2. The molecule has 8 heteroatoms. The van der Waals surface area contributed by atoms with Gasteiger partial charge in [-0.05, 0) is 12.1 Å². The minimum Gasteiger partial charge on any atom is -0.504 e. The van der Waals surface area contributed by atoms with E-state index in [9.17, 15) is 24.9 Å². The zero-order chi connectivity index (χ0) is 14.2. The lowest BCUT2D eigenvalue weighted by Crippen LogP contribution is -2.45. The lowest BCUT2D eigenvalue weighted by molar-refractivity contribution is -0.121. The molecule has 1 aliphatic heterocycles. The number of phenolic OH excluding ortho intramolecular Hbond substituents is 3. The van der Waals surface area contributed by atoms with Crippen LogP contribution in [-0.4, -0.2) is 49.7 Å². The van der Waals surface area contributed by atoms with Gasteiger partial charge in [0, 0.05) is 11.3 Å². The molecule has 0 saturated carbocycles. The Hall–Kier alpha value is -2.09. The summed E-state index contributed by atoms with van der Waals surface area (Å²) >= 11 is 1.38. The molecule has 7 nitrogen and oxygen atoms in total. The molecule has 5 N–H and O–H groups in total. The molecule has 1 saturated heterocycles. The Morgan fingerprint density at radius 2 is 1.84 bits per heavy atom. The van der Waals surface area contributed by atoms with E-state index in [0.29, 0.717) is 11.6 Å². The fourth-order valence-electron chi connectivity index (χ4n) is 1.77. The van der Waals surface area contributed by atoms with Crippen molar-refractivity contribution in [2.45, 2.75) is 6.04 Å². The van der Waals surface area contributed by atoms with E-state index in [4.69, 9.17) is 5.73 Å². The van der Waals surface area contributed by atoms with Gasteiger partial charge in [-0.1, -0.05) is 0 Å². The fraction of sp³-hybridized carbons (Fsp3) is 0.273. The minimum atomic E-state index is -0.712. The SMILES string of the molecule is NC(=O)C1CSCN1C(=O)c1cc(O)c(O)c(O)c1. The van der Waals surface area contributed by atoms with E-state index < -0.39 is 35.1 Å². The maximum atomic E-state index is 12.2. The van der Waals surface area contributed by atoms with Crippen LogP contribution in [-0.2, 0) is 4.79 Å². The number of thioether (sulfide) groups is 1. The van der Waals surface area contributed by atoms with Gasteiger partial charge in [0.05, 0.1) is 5.88 Å². The van der Waals surface area contributed by atoms with Crippen molar-refractivity contribution in [2.75, 3.05) is 11.6 Å². The van der Waals surface area contributed by atoms with Gasteiger partial charge in [0.1, 0.15) is 6.04 Å². The van der Waals surface area contributed by atoms with E-state index in [2.05, 4.69) is 0 Å². The third-order valence-electron chi connectivity index (χ3n) is 2.79. The van der Waals surface area contributed by atoms with E-state index in [1.807, 2.05) is 0 Å². The zero-order valence-electron chi connectivity index (χ0n) is 9.74. The summed E-state index contributed by atoms with van der Waals surface area (Å²) in [5, 5.41) is 28.0. The number of amides is 2. The number of nitrogens with zero attached hydrogens (tertiary/aromatic N) is 1.